The predicted octanol–water partition coefficient (Wildman–Crippen LogP) is 4.97. The van der Waals surface area contributed by atoms with Gasteiger partial charge in [0.25, 0.3) is 0 Å². The molecule has 192 valence electrons. The predicted molar refractivity (Wildman–Crippen MR) is 137 cm³/mol. The largest absolute Gasteiger partial charge is 0.380 e. The summed E-state index contributed by atoms with van der Waals surface area (Å²) < 4.78 is 5.42. The fourth-order valence-corrected chi connectivity index (χ4v) is 3.72. The Hall–Kier alpha value is -1.14. The second-order valence-electron chi connectivity index (χ2n) is 7.96. The van der Waals surface area contributed by atoms with Gasteiger partial charge in [0.2, 0.25) is 12.3 Å². The van der Waals surface area contributed by atoms with Gasteiger partial charge in [0, 0.05) is 32.2 Å². The first kappa shape index (κ1) is 33.0. The van der Waals surface area contributed by atoms with Gasteiger partial charge >= 0.3 is 0 Å². The number of carbonyl (C=O) groups is 2. The monoisotopic (exact) mass is 457 g/mol. The summed E-state index contributed by atoms with van der Waals surface area (Å²) >= 11 is 0. The molecule has 2 fully saturated rings. The maximum absolute atomic E-state index is 11.9. The first-order chi connectivity index (χ1) is 15.6. The van der Waals surface area contributed by atoms with Gasteiger partial charge in [-0.15, -0.1) is 0 Å². The average molecular weight is 458 g/mol. The first-order valence-corrected chi connectivity index (χ1v) is 13.4. The zero-order valence-electron chi connectivity index (χ0n) is 22.5. The van der Waals surface area contributed by atoms with Gasteiger partial charge in [-0.05, 0) is 57.7 Å². The van der Waals surface area contributed by atoms with E-state index in [1.807, 2.05) is 32.6 Å². The smallest absolute Gasteiger partial charge is 0.223 e. The van der Waals surface area contributed by atoms with Crippen LogP contribution in [0.1, 0.15) is 93.4 Å². The van der Waals surface area contributed by atoms with Crippen molar-refractivity contribution in [3.63, 3.8) is 0 Å². The highest BCUT2D eigenvalue weighted by Gasteiger charge is 2.23. The molecule has 6 heteroatoms. The summed E-state index contributed by atoms with van der Waals surface area (Å²) in [5.74, 6) is 1.30. The summed E-state index contributed by atoms with van der Waals surface area (Å²) in [6.07, 6.45) is 8.89. The minimum atomic E-state index is 0.212. The van der Waals surface area contributed by atoms with Crippen molar-refractivity contribution in [2.24, 2.45) is 11.8 Å². The molecule has 0 atom stereocenters. The number of ether oxygens (including phenoxy) is 1. The zero-order chi connectivity index (χ0) is 24.6. The third-order valence-electron chi connectivity index (χ3n) is 5.97. The maximum Gasteiger partial charge on any atom is 0.223 e. The molecule has 0 aromatic heterocycles. The van der Waals surface area contributed by atoms with Crippen LogP contribution in [0.4, 0.5) is 0 Å². The SMILES string of the molecule is CC.CC.CCC1CCN(C=O)CC1.CCCCOCCNC(=O)C1CCN(CC)CC1. The van der Waals surface area contributed by atoms with Crippen LogP contribution in [0.2, 0.25) is 0 Å². The van der Waals surface area contributed by atoms with Gasteiger partial charge in [-0.25, -0.2) is 0 Å². The topological polar surface area (TPSA) is 61.9 Å². The Morgan fingerprint density at radius 1 is 0.938 bits per heavy atom. The zero-order valence-corrected chi connectivity index (χ0v) is 22.5. The number of unbranched alkanes of at least 4 members (excludes halogenated alkanes) is 1. The molecule has 2 rings (SSSR count). The van der Waals surface area contributed by atoms with Gasteiger partial charge in [-0.1, -0.05) is 61.3 Å². The number of likely N-dealkylation sites (tertiary alicyclic amines) is 2. The summed E-state index contributed by atoms with van der Waals surface area (Å²) in [7, 11) is 0. The van der Waals surface area contributed by atoms with E-state index in [1.54, 1.807) is 0 Å². The molecule has 0 bridgehead atoms. The molecule has 0 unspecified atom stereocenters. The highest BCUT2D eigenvalue weighted by Crippen LogP contribution is 2.18. The van der Waals surface area contributed by atoms with Gasteiger partial charge in [0.05, 0.1) is 6.61 Å². The molecule has 2 saturated heterocycles. The first-order valence-electron chi connectivity index (χ1n) is 13.4. The van der Waals surface area contributed by atoms with Crippen LogP contribution in [-0.2, 0) is 14.3 Å². The molecule has 1 N–H and O–H groups in total. The molecule has 0 saturated carbocycles. The highest BCUT2D eigenvalue weighted by molar-refractivity contribution is 5.78. The van der Waals surface area contributed by atoms with Crippen LogP contribution >= 0.6 is 0 Å². The van der Waals surface area contributed by atoms with Gasteiger partial charge < -0.3 is 19.9 Å². The van der Waals surface area contributed by atoms with Crippen molar-refractivity contribution in [2.75, 3.05) is 52.5 Å². The molecule has 0 aromatic rings. The van der Waals surface area contributed by atoms with Crippen molar-refractivity contribution >= 4 is 12.3 Å². The van der Waals surface area contributed by atoms with Crippen molar-refractivity contribution in [3.05, 3.63) is 0 Å². The van der Waals surface area contributed by atoms with Crippen LogP contribution in [0.25, 0.3) is 0 Å². The van der Waals surface area contributed by atoms with Crippen LogP contribution in [0.3, 0.4) is 0 Å². The summed E-state index contributed by atoms with van der Waals surface area (Å²) in [5.41, 5.74) is 0. The fraction of sp³-hybridized carbons (Fsp3) is 0.923. The van der Waals surface area contributed by atoms with Crippen LogP contribution in [-0.4, -0.2) is 74.6 Å². The van der Waals surface area contributed by atoms with Crippen LogP contribution < -0.4 is 5.32 Å². The fourth-order valence-electron chi connectivity index (χ4n) is 3.72. The molecule has 2 heterocycles. The Kier molecular flexibility index (Phi) is 25.3. The van der Waals surface area contributed by atoms with Crippen molar-refractivity contribution in [3.8, 4) is 0 Å². The number of nitrogens with zero attached hydrogens (tertiary/aromatic N) is 2. The molecule has 2 aliphatic heterocycles. The Labute approximate surface area is 199 Å². The lowest BCUT2D eigenvalue weighted by Gasteiger charge is -2.30. The van der Waals surface area contributed by atoms with E-state index in [-0.39, 0.29) is 11.8 Å². The molecule has 0 spiro atoms. The number of amides is 2. The molecule has 0 aromatic carbocycles. The normalized spacial score (nSPS) is 17.0. The number of hydrogen-bond acceptors (Lipinski definition) is 4. The maximum atomic E-state index is 11.9. The van der Waals surface area contributed by atoms with Crippen LogP contribution in [0.5, 0.6) is 0 Å². The van der Waals surface area contributed by atoms with Crippen molar-refractivity contribution in [1.29, 1.82) is 0 Å². The van der Waals surface area contributed by atoms with Gasteiger partial charge in [0.1, 0.15) is 0 Å². The summed E-state index contributed by atoms with van der Waals surface area (Å²) in [4.78, 5) is 26.4. The molecule has 0 radical (unpaired) electrons. The second kappa shape index (κ2) is 24.5. The van der Waals surface area contributed by atoms with E-state index in [1.165, 1.54) is 19.3 Å². The van der Waals surface area contributed by atoms with Gasteiger partial charge in [-0.2, -0.15) is 0 Å². The van der Waals surface area contributed by atoms with E-state index in [4.69, 9.17) is 4.74 Å². The van der Waals surface area contributed by atoms with E-state index in [9.17, 15) is 9.59 Å². The highest BCUT2D eigenvalue weighted by atomic mass is 16.5. The van der Waals surface area contributed by atoms with Crippen molar-refractivity contribution < 1.29 is 14.3 Å². The molecule has 32 heavy (non-hydrogen) atoms. The Morgan fingerprint density at radius 2 is 1.53 bits per heavy atom. The van der Waals surface area contributed by atoms with Gasteiger partial charge in [-0.3, -0.25) is 9.59 Å². The number of hydrogen-bond donors (Lipinski definition) is 1. The Balaban J connectivity index is 0. The molecular formula is C26H55N3O3. The van der Waals surface area contributed by atoms with E-state index in [2.05, 4.69) is 31.0 Å². The standard InChI is InChI=1S/C14H28N2O2.C8H15NO.2C2H6/c1-3-5-11-18-12-8-15-14(17)13-6-9-16(4-2)10-7-13;1-2-8-3-5-9(7-10)6-4-8;2*1-2/h13H,3-12H2,1-2H3,(H,15,17);7-8H,2-6H2,1H3;2*1-2H3. The average Bonchev–Trinajstić information content (AvgIpc) is 2.88. The molecule has 2 aliphatic rings. The Bertz CT molecular complexity index is 405. The lowest BCUT2D eigenvalue weighted by atomic mass is 9.95. The third-order valence-corrected chi connectivity index (χ3v) is 5.97. The van der Waals surface area contributed by atoms with Crippen LogP contribution in [0, 0.1) is 11.8 Å². The third kappa shape index (κ3) is 16.5. The summed E-state index contributed by atoms with van der Waals surface area (Å²) in [5, 5.41) is 2.98. The van der Waals surface area contributed by atoms with Crippen molar-refractivity contribution in [2.45, 2.75) is 93.4 Å². The second-order valence-corrected chi connectivity index (χ2v) is 7.96. The summed E-state index contributed by atoms with van der Waals surface area (Å²) in [6, 6.07) is 0. The number of nitrogens with one attached hydrogen (secondary N) is 1. The molecule has 0 aliphatic carbocycles. The molecule has 6 nitrogen and oxygen atoms in total. The Morgan fingerprint density at radius 3 is 2.00 bits per heavy atom. The van der Waals surface area contributed by atoms with E-state index < -0.39 is 0 Å². The quantitative estimate of drug-likeness (QED) is 0.372. The van der Waals surface area contributed by atoms with Crippen molar-refractivity contribution in [1.82, 2.24) is 15.1 Å². The van der Waals surface area contributed by atoms with E-state index >= 15 is 0 Å². The van der Waals surface area contributed by atoms with E-state index in [0.717, 1.165) is 77.3 Å². The molecular weight excluding hydrogens is 402 g/mol. The number of rotatable bonds is 10. The summed E-state index contributed by atoms with van der Waals surface area (Å²) in [6.45, 7) is 21.8. The minimum absolute atomic E-state index is 0.212. The lowest BCUT2D eigenvalue weighted by Crippen LogP contribution is -2.41. The number of carbonyl (C=O) groups excluding carboxylic acids is 2. The van der Waals surface area contributed by atoms with E-state index in [0.29, 0.717) is 13.2 Å². The molecule has 2 amide bonds. The number of piperidine rings is 2. The minimum Gasteiger partial charge on any atom is -0.380 e. The lowest BCUT2D eigenvalue weighted by molar-refractivity contribution is -0.126. The van der Waals surface area contributed by atoms with Crippen LogP contribution in [0.15, 0.2) is 0 Å². The van der Waals surface area contributed by atoms with Gasteiger partial charge in [0.15, 0.2) is 0 Å².